The molecule has 14 heteroatoms. The van der Waals surface area contributed by atoms with Gasteiger partial charge in [0.05, 0.1) is 28.3 Å². The summed E-state index contributed by atoms with van der Waals surface area (Å²) < 4.78 is 123. The van der Waals surface area contributed by atoms with E-state index in [9.17, 15) is 17.6 Å². The van der Waals surface area contributed by atoms with Gasteiger partial charge in [0.2, 0.25) is 0 Å². The van der Waals surface area contributed by atoms with Gasteiger partial charge in [-0.25, -0.2) is 9.97 Å². The van der Waals surface area contributed by atoms with Gasteiger partial charge in [-0.2, -0.15) is 35.1 Å². The van der Waals surface area contributed by atoms with Gasteiger partial charge in [0, 0.05) is 0 Å². The first-order valence-corrected chi connectivity index (χ1v) is 19.1. The first kappa shape index (κ1) is 42.4. The second-order valence-electron chi connectivity index (χ2n) is 14.2. The normalized spacial score (nSPS) is 13.1. The molecule has 1 radical (unpaired) electrons. The van der Waals surface area contributed by atoms with Crippen molar-refractivity contribution in [3.8, 4) is 44.5 Å². The fourth-order valence-corrected chi connectivity index (χ4v) is 7.67. The first-order chi connectivity index (χ1) is 29.2. The second-order valence-corrected chi connectivity index (χ2v) is 14.7. The van der Waals surface area contributed by atoms with Crippen LogP contribution >= 0.6 is 11.6 Å². The molecule has 3 aromatic heterocycles. The van der Waals surface area contributed by atoms with Crippen LogP contribution in [0.1, 0.15) is 22.8 Å². The molecule has 0 fully saturated rings. The van der Waals surface area contributed by atoms with Gasteiger partial charge in [-0.15, -0.1) is 22.1 Å². The van der Waals surface area contributed by atoms with Gasteiger partial charge in [-0.05, 0) is 74.3 Å². The third kappa shape index (κ3) is 7.03. The van der Waals surface area contributed by atoms with E-state index in [2.05, 4.69) is 16.6 Å². The average Bonchev–Trinajstić information content (AvgIpc) is 4.09. The van der Waals surface area contributed by atoms with Crippen molar-refractivity contribution in [2.75, 3.05) is 0 Å². The van der Waals surface area contributed by atoms with Gasteiger partial charge < -0.3 is 9.97 Å². The minimum absolute atomic E-state index is 0. The summed E-state index contributed by atoms with van der Waals surface area (Å²) >= 11 is 4.45. The molecular formula is C48H27ClCuF8N4. The maximum atomic E-state index is 16.8. The Balaban J connectivity index is 0.00000529. The standard InChI is InChI=1S/C48H27ClF8N4.Cu/c49-48(56,57)47(54,55)46(52,53)45(50,51)32-27-39-42(30-17-9-3-10-18-30)37-24-23-35(59-37)40(28-13-5-1-6-14-28)33-21-22-34(58-33)41(29-15-7-2-8-16-29)36-25-26-38(60-36)43(44(32)61-39)31-19-11-4-12-20-31;/h1-27H;/q-2;+2. The number of alkyl halides is 9. The van der Waals surface area contributed by atoms with Crippen molar-refractivity contribution in [2.24, 2.45) is 0 Å². The zero-order valence-corrected chi connectivity index (χ0v) is 33.3. The molecule has 2 aliphatic heterocycles. The molecule has 8 bridgehead atoms. The molecule has 4 nitrogen and oxygen atoms in total. The van der Waals surface area contributed by atoms with Gasteiger partial charge >= 0.3 is 40.2 Å². The summed E-state index contributed by atoms with van der Waals surface area (Å²) in [6.07, 6.45) is 4.17. The smallest absolute Gasteiger partial charge is 0.657 e. The van der Waals surface area contributed by atoms with E-state index in [0.29, 0.717) is 45.2 Å². The van der Waals surface area contributed by atoms with Crippen LogP contribution in [0.4, 0.5) is 35.1 Å². The molecule has 4 aromatic carbocycles. The van der Waals surface area contributed by atoms with Crippen molar-refractivity contribution >= 4 is 57.5 Å². The van der Waals surface area contributed by atoms with E-state index in [1.165, 1.54) is 18.2 Å². The number of nitrogens with zero attached hydrogens (tertiary/aromatic N) is 4. The molecule has 0 aliphatic carbocycles. The van der Waals surface area contributed by atoms with Crippen LogP contribution in [0, 0.1) is 0 Å². The van der Waals surface area contributed by atoms with Gasteiger partial charge in [0.15, 0.2) is 0 Å². The molecule has 313 valence electrons. The van der Waals surface area contributed by atoms with Gasteiger partial charge in [0.25, 0.3) is 0 Å². The second kappa shape index (κ2) is 15.9. The van der Waals surface area contributed by atoms with Gasteiger partial charge in [-0.3, -0.25) is 0 Å². The molecule has 0 amide bonds. The molecule has 2 aliphatic rings. The maximum absolute atomic E-state index is 16.8. The quantitative estimate of drug-likeness (QED) is 0.0866. The van der Waals surface area contributed by atoms with E-state index < -0.39 is 40.1 Å². The van der Waals surface area contributed by atoms with Gasteiger partial charge in [0.1, 0.15) is 0 Å². The van der Waals surface area contributed by atoms with Crippen LogP contribution in [0.25, 0.3) is 90.4 Å². The molecule has 5 heterocycles. The fourth-order valence-electron chi connectivity index (χ4n) is 7.55. The minimum Gasteiger partial charge on any atom is -0.657 e. The summed E-state index contributed by atoms with van der Waals surface area (Å²) in [7, 11) is 0. The number of fused-ring (bicyclic) bond motifs is 8. The van der Waals surface area contributed by atoms with E-state index in [4.69, 9.17) is 15.0 Å². The Bertz CT molecular complexity index is 3040. The molecule has 0 spiro atoms. The molecule has 0 saturated heterocycles. The summed E-state index contributed by atoms with van der Waals surface area (Å²) in [5.74, 6) is -19.5. The van der Waals surface area contributed by atoms with E-state index >= 15 is 17.6 Å². The molecule has 0 unspecified atom stereocenters. The van der Waals surface area contributed by atoms with Crippen LogP contribution in [0.2, 0.25) is 0 Å². The first-order valence-electron chi connectivity index (χ1n) is 18.7. The van der Waals surface area contributed by atoms with E-state index in [1.807, 2.05) is 54.6 Å². The van der Waals surface area contributed by atoms with E-state index in [-0.39, 0.29) is 50.3 Å². The van der Waals surface area contributed by atoms with Crippen LogP contribution < -0.4 is 9.97 Å². The minimum atomic E-state index is -6.76. The average molecular weight is 911 g/mol. The van der Waals surface area contributed by atoms with Crippen molar-refractivity contribution in [3.63, 3.8) is 0 Å². The molecular weight excluding hydrogens is 884 g/mol. The van der Waals surface area contributed by atoms with Crippen LogP contribution in [0.3, 0.4) is 0 Å². The predicted octanol–water partition coefficient (Wildman–Crippen LogP) is 13.7. The van der Waals surface area contributed by atoms with E-state index in [1.54, 1.807) is 84.9 Å². The Morgan fingerprint density at radius 3 is 1.11 bits per heavy atom. The van der Waals surface area contributed by atoms with Crippen molar-refractivity contribution in [3.05, 3.63) is 168 Å². The summed E-state index contributed by atoms with van der Waals surface area (Å²) in [5.41, 5.74) is 1.42. The Morgan fingerprint density at radius 2 is 0.742 bits per heavy atom. The topological polar surface area (TPSA) is 54.0 Å². The monoisotopic (exact) mass is 909 g/mol. The Hall–Kier alpha value is -6.27. The number of rotatable bonds is 8. The molecule has 62 heavy (non-hydrogen) atoms. The molecule has 0 atom stereocenters. The number of aromatic nitrogens is 4. The van der Waals surface area contributed by atoms with Crippen LogP contribution in [0.5, 0.6) is 0 Å². The molecule has 9 rings (SSSR count). The Morgan fingerprint density at radius 1 is 0.403 bits per heavy atom. The number of benzene rings is 4. The maximum Gasteiger partial charge on any atom is 2.00 e. The van der Waals surface area contributed by atoms with Gasteiger partial charge in [-0.1, -0.05) is 146 Å². The number of hydrogen-bond donors (Lipinski definition) is 0. The zero-order valence-electron chi connectivity index (χ0n) is 31.6. The SMILES string of the molecule is FC(F)(Cl)C(F)(F)C(F)(F)C(F)(F)C1=Cc2nc1c(-c1ccccc1)c1ccc([n-]1)c(-c1ccccc1)c1nc(c(-c3ccccc3)c3ccc([n-]3)c2-c2ccccc2)C=C1.[Cu+2]. The summed E-state index contributed by atoms with van der Waals surface area (Å²) in [6.45, 7) is 0. The number of halogens is 9. The number of hydrogen-bond acceptors (Lipinski definition) is 2. The fraction of sp³-hybridized carbons (Fsp3) is 0.0833. The number of allylic oxidation sites excluding steroid dienone is 1. The Kier molecular flexibility index (Phi) is 10.9. The third-order valence-corrected chi connectivity index (χ3v) is 10.7. The van der Waals surface area contributed by atoms with Crippen LogP contribution in [-0.2, 0) is 17.1 Å². The Labute approximate surface area is 364 Å². The van der Waals surface area contributed by atoms with Crippen molar-refractivity contribution < 1.29 is 52.2 Å². The van der Waals surface area contributed by atoms with E-state index in [0.717, 1.165) is 5.56 Å². The molecule has 0 saturated carbocycles. The molecule has 0 N–H and O–H groups in total. The summed E-state index contributed by atoms with van der Waals surface area (Å²) in [6, 6.07) is 40.4. The van der Waals surface area contributed by atoms with Crippen molar-refractivity contribution in [2.45, 2.75) is 23.1 Å². The summed E-state index contributed by atoms with van der Waals surface area (Å²) in [4.78, 5) is 19.5. The predicted molar refractivity (Wildman–Crippen MR) is 223 cm³/mol. The molecule has 7 aromatic rings. The van der Waals surface area contributed by atoms with Crippen LogP contribution in [0.15, 0.2) is 146 Å². The third-order valence-electron chi connectivity index (χ3n) is 10.5. The van der Waals surface area contributed by atoms with Crippen molar-refractivity contribution in [1.82, 2.24) is 19.9 Å². The zero-order chi connectivity index (χ0) is 42.7. The van der Waals surface area contributed by atoms with Crippen LogP contribution in [-0.4, -0.2) is 33.1 Å². The van der Waals surface area contributed by atoms with Crippen molar-refractivity contribution in [1.29, 1.82) is 0 Å². The largest absolute Gasteiger partial charge is 2.00 e. The summed E-state index contributed by atoms with van der Waals surface area (Å²) in [5, 5.41) is -6.08.